The van der Waals surface area contributed by atoms with Crippen molar-refractivity contribution in [1.29, 1.82) is 0 Å². The number of carbonyl (C=O) groups excluding carboxylic acids is 1. The summed E-state index contributed by atoms with van der Waals surface area (Å²) < 4.78 is 23.7. The first-order chi connectivity index (χ1) is 9.77. The van der Waals surface area contributed by atoms with Gasteiger partial charge in [-0.25, -0.2) is 5.14 Å². The molecule has 1 aromatic carbocycles. The zero-order valence-corrected chi connectivity index (χ0v) is 13.2. The molecule has 1 saturated heterocycles. The number of hydrogen-bond acceptors (Lipinski definition) is 3. The van der Waals surface area contributed by atoms with E-state index in [9.17, 15) is 13.2 Å². The Kier molecular flexibility index (Phi) is 4.65. The third-order valence-corrected chi connectivity index (χ3v) is 4.88. The number of nitrogens with zero attached hydrogens (tertiary/aromatic N) is 2. The van der Waals surface area contributed by atoms with E-state index in [0.29, 0.717) is 19.5 Å². The van der Waals surface area contributed by atoms with Crippen LogP contribution in [0.5, 0.6) is 0 Å². The second kappa shape index (κ2) is 6.13. The molecule has 1 heterocycles. The summed E-state index contributed by atoms with van der Waals surface area (Å²) in [6.45, 7) is 5.29. The average Bonchev–Trinajstić information content (AvgIpc) is 2.42. The number of hydrogen-bond donors (Lipinski definition) is 1. The Hall–Kier alpha value is -1.44. The molecule has 116 valence electrons. The van der Waals surface area contributed by atoms with Crippen molar-refractivity contribution in [3.8, 4) is 0 Å². The monoisotopic (exact) mass is 311 g/mol. The zero-order valence-electron chi connectivity index (χ0n) is 12.4. The van der Waals surface area contributed by atoms with E-state index in [4.69, 9.17) is 5.14 Å². The van der Waals surface area contributed by atoms with Crippen molar-refractivity contribution in [2.24, 2.45) is 5.14 Å². The molecule has 1 aliphatic rings. The predicted octanol–water partition coefficient (Wildman–Crippen LogP) is 0.194. The van der Waals surface area contributed by atoms with Gasteiger partial charge in [-0.2, -0.15) is 12.7 Å². The van der Waals surface area contributed by atoms with E-state index in [2.05, 4.69) is 0 Å². The van der Waals surface area contributed by atoms with Crippen LogP contribution in [0.25, 0.3) is 0 Å². The first-order valence-electron chi connectivity index (χ1n) is 6.89. The lowest BCUT2D eigenvalue weighted by atomic mass is 10.0. The highest BCUT2D eigenvalue weighted by molar-refractivity contribution is 7.86. The number of rotatable bonds is 3. The van der Waals surface area contributed by atoms with E-state index < -0.39 is 10.2 Å². The van der Waals surface area contributed by atoms with Crippen LogP contribution in [0.2, 0.25) is 0 Å². The number of nitrogens with two attached hydrogens (primary N) is 1. The van der Waals surface area contributed by atoms with E-state index in [1.165, 1.54) is 4.31 Å². The highest BCUT2D eigenvalue weighted by Crippen LogP contribution is 2.13. The molecule has 0 unspecified atom stereocenters. The SMILES string of the molecule is Cc1ccc(C)c(CC(=O)N2CCN(S(N)(=O)=O)CC2)c1. The van der Waals surface area contributed by atoms with E-state index >= 15 is 0 Å². The van der Waals surface area contributed by atoms with Crippen molar-refractivity contribution < 1.29 is 13.2 Å². The third-order valence-electron chi connectivity index (χ3n) is 3.80. The Morgan fingerprint density at radius 2 is 1.81 bits per heavy atom. The molecule has 0 radical (unpaired) electrons. The standard InChI is InChI=1S/C14H21N3O3S/c1-11-3-4-12(2)13(9-11)10-14(18)16-5-7-17(8-6-16)21(15,19)20/h3-4,9H,5-8,10H2,1-2H3,(H2,15,19,20). The van der Waals surface area contributed by atoms with Crippen LogP contribution in [-0.2, 0) is 21.4 Å². The maximum absolute atomic E-state index is 12.3. The summed E-state index contributed by atoms with van der Waals surface area (Å²) >= 11 is 0. The molecule has 2 rings (SSSR count). The Balaban J connectivity index is 1.98. The van der Waals surface area contributed by atoms with Crippen LogP contribution in [0.15, 0.2) is 18.2 Å². The molecule has 1 amide bonds. The summed E-state index contributed by atoms with van der Waals surface area (Å²) in [7, 11) is -3.65. The number of carbonyl (C=O) groups is 1. The molecule has 0 aromatic heterocycles. The summed E-state index contributed by atoms with van der Waals surface area (Å²) in [5, 5.41) is 5.09. The second-order valence-corrected chi connectivity index (χ2v) is 6.98. The number of aryl methyl sites for hydroxylation is 2. The van der Waals surface area contributed by atoms with Gasteiger partial charge >= 0.3 is 0 Å². The fourth-order valence-electron chi connectivity index (χ4n) is 2.46. The molecular weight excluding hydrogens is 290 g/mol. The van der Waals surface area contributed by atoms with Gasteiger partial charge in [0.25, 0.3) is 10.2 Å². The van der Waals surface area contributed by atoms with Crippen molar-refractivity contribution in [3.05, 3.63) is 34.9 Å². The lowest BCUT2D eigenvalue weighted by Crippen LogP contribution is -2.52. The van der Waals surface area contributed by atoms with Crippen molar-refractivity contribution in [2.45, 2.75) is 20.3 Å². The van der Waals surface area contributed by atoms with Crippen molar-refractivity contribution in [1.82, 2.24) is 9.21 Å². The van der Waals surface area contributed by atoms with Crippen molar-refractivity contribution in [3.63, 3.8) is 0 Å². The number of benzene rings is 1. The van der Waals surface area contributed by atoms with E-state index in [-0.39, 0.29) is 19.0 Å². The lowest BCUT2D eigenvalue weighted by Gasteiger charge is -2.33. The van der Waals surface area contributed by atoms with Gasteiger partial charge in [-0.3, -0.25) is 4.79 Å². The van der Waals surface area contributed by atoms with Crippen LogP contribution in [0.1, 0.15) is 16.7 Å². The fraction of sp³-hybridized carbons (Fsp3) is 0.500. The first-order valence-corrected chi connectivity index (χ1v) is 8.39. The Morgan fingerprint density at radius 3 is 2.38 bits per heavy atom. The number of amides is 1. The van der Waals surface area contributed by atoms with Crippen LogP contribution < -0.4 is 5.14 Å². The van der Waals surface area contributed by atoms with Gasteiger partial charge in [-0.1, -0.05) is 23.8 Å². The molecule has 1 fully saturated rings. The Morgan fingerprint density at radius 1 is 1.19 bits per heavy atom. The minimum Gasteiger partial charge on any atom is -0.340 e. The molecule has 1 aromatic rings. The third kappa shape index (κ3) is 4.03. The minimum atomic E-state index is -3.65. The number of piperazine rings is 1. The highest BCUT2D eigenvalue weighted by atomic mass is 32.2. The van der Waals surface area contributed by atoms with Gasteiger partial charge in [-0.05, 0) is 25.0 Å². The molecule has 0 bridgehead atoms. The van der Waals surface area contributed by atoms with Gasteiger partial charge in [0, 0.05) is 26.2 Å². The first kappa shape index (κ1) is 15.9. The zero-order chi connectivity index (χ0) is 15.6. The summed E-state index contributed by atoms with van der Waals surface area (Å²) in [5.41, 5.74) is 3.24. The quantitative estimate of drug-likeness (QED) is 0.865. The van der Waals surface area contributed by atoms with Gasteiger partial charge in [0.1, 0.15) is 0 Å². The van der Waals surface area contributed by atoms with Gasteiger partial charge in [0.2, 0.25) is 5.91 Å². The summed E-state index contributed by atoms with van der Waals surface area (Å²) in [6.07, 6.45) is 0.350. The van der Waals surface area contributed by atoms with Crippen LogP contribution in [0.3, 0.4) is 0 Å². The largest absolute Gasteiger partial charge is 0.340 e. The topological polar surface area (TPSA) is 83.7 Å². The highest BCUT2D eigenvalue weighted by Gasteiger charge is 2.26. The van der Waals surface area contributed by atoms with Gasteiger partial charge in [0.15, 0.2) is 0 Å². The average molecular weight is 311 g/mol. The molecule has 7 heteroatoms. The maximum atomic E-state index is 12.3. The van der Waals surface area contributed by atoms with Crippen LogP contribution in [-0.4, -0.2) is 49.7 Å². The molecule has 21 heavy (non-hydrogen) atoms. The van der Waals surface area contributed by atoms with Crippen LogP contribution in [0.4, 0.5) is 0 Å². The minimum absolute atomic E-state index is 0.0257. The normalized spacial score (nSPS) is 17.0. The smallest absolute Gasteiger partial charge is 0.277 e. The van der Waals surface area contributed by atoms with Crippen LogP contribution >= 0.6 is 0 Å². The van der Waals surface area contributed by atoms with E-state index in [1.54, 1.807) is 4.90 Å². The second-order valence-electron chi connectivity index (χ2n) is 5.43. The lowest BCUT2D eigenvalue weighted by molar-refractivity contribution is -0.131. The molecule has 1 aliphatic heterocycles. The van der Waals surface area contributed by atoms with E-state index in [1.807, 2.05) is 32.0 Å². The maximum Gasteiger partial charge on any atom is 0.277 e. The molecule has 0 saturated carbocycles. The molecule has 0 aliphatic carbocycles. The Labute approximate surface area is 125 Å². The van der Waals surface area contributed by atoms with Gasteiger partial charge in [-0.15, -0.1) is 0 Å². The fourth-order valence-corrected chi connectivity index (χ4v) is 3.13. The molecule has 6 nitrogen and oxygen atoms in total. The molecule has 0 spiro atoms. The van der Waals surface area contributed by atoms with Crippen molar-refractivity contribution >= 4 is 16.1 Å². The van der Waals surface area contributed by atoms with Gasteiger partial charge in [0.05, 0.1) is 6.42 Å². The summed E-state index contributed by atoms with van der Waals surface area (Å²) in [6, 6.07) is 6.05. The molecular formula is C14H21N3O3S. The predicted molar refractivity (Wildman–Crippen MR) is 80.9 cm³/mol. The van der Waals surface area contributed by atoms with Gasteiger partial charge < -0.3 is 4.90 Å². The van der Waals surface area contributed by atoms with E-state index in [0.717, 1.165) is 16.7 Å². The van der Waals surface area contributed by atoms with Crippen molar-refractivity contribution in [2.75, 3.05) is 26.2 Å². The van der Waals surface area contributed by atoms with Crippen LogP contribution in [0, 0.1) is 13.8 Å². The summed E-state index contributed by atoms with van der Waals surface area (Å²) in [5.74, 6) is 0.0257. The Bertz CT molecular complexity index is 635. The summed E-state index contributed by atoms with van der Waals surface area (Å²) in [4.78, 5) is 14.0. The molecule has 0 atom stereocenters. The molecule has 2 N–H and O–H groups in total.